The monoisotopic (exact) mass is 561 g/mol. The summed E-state index contributed by atoms with van der Waals surface area (Å²) >= 11 is 6.49. The van der Waals surface area contributed by atoms with Gasteiger partial charge in [0.05, 0.1) is 23.1 Å². The molecule has 0 aromatic heterocycles. The van der Waals surface area contributed by atoms with Crippen molar-refractivity contribution in [1.82, 2.24) is 4.90 Å². The number of carboxylic acid groups (broad SMARTS) is 1. The van der Waals surface area contributed by atoms with Gasteiger partial charge in [-0.15, -0.1) is 0 Å². The number of aliphatic carboxylic acids is 1. The number of sulfonamides is 1. The maximum atomic E-state index is 12.9. The Hall–Kier alpha value is -3.57. The third kappa shape index (κ3) is 7.72. The van der Waals surface area contributed by atoms with Crippen molar-refractivity contribution in [1.29, 1.82) is 10.8 Å². The number of hydrogen-bond acceptors (Lipinski definition) is 6. The highest BCUT2D eigenvalue weighted by Crippen LogP contribution is 2.33. The van der Waals surface area contributed by atoms with Crippen LogP contribution < -0.4 is 14.8 Å². The molecule has 204 valence electrons. The molecule has 1 fully saturated rings. The van der Waals surface area contributed by atoms with Gasteiger partial charge in [0.1, 0.15) is 17.7 Å². The van der Waals surface area contributed by atoms with E-state index in [4.69, 9.17) is 38.0 Å². The number of benzene rings is 2. The van der Waals surface area contributed by atoms with E-state index in [1.54, 1.807) is 42.5 Å². The summed E-state index contributed by atoms with van der Waals surface area (Å²) < 4.78 is 32.9. The van der Waals surface area contributed by atoms with Gasteiger partial charge in [-0.1, -0.05) is 48.9 Å². The van der Waals surface area contributed by atoms with Crippen LogP contribution in [0.3, 0.4) is 0 Å². The summed E-state index contributed by atoms with van der Waals surface area (Å²) in [5.41, 5.74) is 6.89. The molecule has 0 radical (unpaired) electrons. The van der Waals surface area contributed by atoms with Crippen molar-refractivity contribution in [2.45, 2.75) is 32.3 Å². The zero-order valence-corrected chi connectivity index (χ0v) is 22.6. The number of nitrogens with two attached hydrogens (primary N) is 1. The van der Waals surface area contributed by atoms with E-state index in [-0.39, 0.29) is 29.2 Å². The first kappa shape index (κ1) is 29.0. The molecule has 1 aliphatic heterocycles. The number of ether oxygens (including phenoxy) is 1. The summed E-state index contributed by atoms with van der Waals surface area (Å²) in [6.07, 6.45) is 5.35. The number of carbonyl (C=O) groups is 1. The predicted octanol–water partition coefficient (Wildman–Crippen LogP) is 3.79. The van der Waals surface area contributed by atoms with Crippen LogP contribution >= 0.6 is 11.6 Å². The lowest BCUT2D eigenvalue weighted by Gasteiger charge is -2.33. The van der Waals surface area contributed by atoms with E-state index in [2.05, 4.69) is 0 Å². The molecule has 0 atom stereocenters. The van der Waals surface area contributed by atoms with E-state index in [0.717, 1.165) is 30.2 Å². The molecule has 2 aromatic rings. The normalized spacial score (nSPS) is 14.4. The number of hydrogen-bond donors (Lipinski definition) is 4. The Labute approximate surface area is 227 Å². The molecule has 0 unspecified atom stereocenters. The molecule has 10 nitrogen and oxygen atoms in total. The van der Waals surface area contributed by atoms with Gasteiger partial charge in [-0.05, 0) is 23.8 Å². The summed E-state index contributed by atoms with van der Waals surface area (Å²) in [4.78, 5) is 13.3. The van der Waals surface area contributed by atoms with E-state index in [1.807, 2.05) is 11.8 Å². The molecular formula is C26H32ClN5O5S. The topological polar surface area (TPSA) is 161 Å². The SMILES string of the molecule is CCC(=N)N1CCC(Oc2ccc(N(CC=Cc3cccc(C(=N)N)c3)S(=O)(=O)CC(=O)O)c(Cl)c2)CC1. The van der Waals surface area contributed by atoms with Crippen molar-refractivity contribution in [2.24, 2.45) is 5.73 Å². The van der Waals surface area contributed by atoms with Crippen LogP contribution in [0.15, 0.2) is 48.5 Å². The Morgan fingerprint density at radius 2 is 1.95 bits per heavy atom. The van der Waals surface area contributed by atoms with Crippen molar-refractivity contribution in [3.8, 4) is 5.75 Å². The van der Waals surface area contributed by atoms with Crippen molar-refractivity contribution >= 4 is 51.0 Å². The first-order chi connectivity index (χ1) is 18.0. The minimum absolute atomic E-state index is 0.0571. The zero-order valence-electron chi connectivity index (χ0n) is 21.1. The molecule has 3 rings (SSSR count). The molecular weight excluding hydrogens is 530 g/mol. The van der Waals surface area contributed by atoms with Gasteiger partial charge in [-0.2, -0.15) is 0 Å². The second-order valence-corrected chi connectivity index (χ2v) is 11.1. The van der Waals surface area contributed by atoms with Crippen LogP contribution in [0.4, 0.5) is 5.69 Å². The zero-order chi connectivity index (χ0) is 27.9. The van der Waals surface area contributed by atoms with Gasteiger partial charge in [0.2, 0.25) is 10.0 Å². The van der Waals surface area contributed by atoms with E-state index in [9.17, 15) is 13.2 Å². The van der Waals surface area contributed by atoms with Crippen molar-refractivity contribution < 1.29 is 23.1 Å². The average molecular weight is 562 g/mol. The standard InChI is InChI=1S/C26H32ClN5O5S/c1-2-24(28)31-13-10-20(11-14-31)37-21-8-9-23(22(27)16-21)32(38(35,36)17-25(33)34)12-4-6-18-5-3-7-19(15-18)26(29)30/h3-9,15-16,20,28H,2,10-14,17H2,1H3,(H3,29,30)(H,33,34). The highest BCUT2D eigenvalue weighted by atomic mass is 35.5. The number of anilines is 1. The molecule has 1 aliphatic rings. The van der Waals surface area contributed by atoms with Crippen LogP contribution in [0.2, 0.25) is 5.02 Å². The van der Waals surface area contributed by atoms with Crippen LogP contribution in [0.25, 0.3) is 6.08 Å². The number of nitrogens with zero attached hydrogens (tertiary/aromatic N) is 2. The number of carboxylic acids is 1. The van der Waals surface area contributed by atoms with Crippen LogP contribution in [-0.2, 0) is 14.8 Å². The van der Waals surface area contributed by atoms with Gasteiger partial charge in [0.15, 0.2) is 5.75 Å². The van der Waals surface area contributed by atoms with Gasteiger partial charge in [-0.3, -0.25) is 19.9 Å². The lowest BCUT2D eigenvalue weighted by atomic mass is 10.1. The number of rotatable bonds is 11. The van der Waals surface area contributed by atoms with Gasteiger partial charge in [0.25, 0.3) is 0 Å². The molecule has 0 aliphatic carbocycles. The third-order valence-electron chi connectivity index (χ3n) is 6.07. The van der Waals surface area contributed by atoms with E-state index < -0.39 is 21.7 Å². The molecule has 2 aromatic carbocycles. The van der Waals surface area contributed by atoms with E-state index >= 15 is 0 Å². The van der Waals surface area contributed by atoms with Crippen LogP contribution in [-0.4, -0.2) is 67.6 Å². The van der Waals surface area contributed by atoms with Gasteiger partial charge >= 0.3 is 5.97 Å². The Morgan fingerprint density at radius 1 is 1.24 bits per heavy atom. The molecule has 0 saturated carbocycles. The second-order valence-electron chi connectivity index (χ2n) is 8.84. The fourth-order valence-electron chi connectivity index (χ4n) is 4.11. The molecule has 38 heavy (non-hydrogen) atoms. The molecule has 0 spiro atoms. The second kappa shape index (κ2) is 12.8. The van der Waals surface area contributed by atoms with Gasteiger partial charge in [-0.25, -0.2) is 8.42 Å². The highest BCUT2D eigenvalue weighted by Gasteiger charge is 2.27. The summed E-state index contributed by atoms with van der Waals surface area (Å²) in [6, 6.07) is 11.5. The number of piperidine rings is 1. The average Bonchev–Trinajstić information content (AvgIpc) is 2.86. The van der Waals surface area contributed by atoms with Crippen LogP contribution in [0.5, 0.6) is 5.75 Å². The summed E-state index contributed by atoms with van der Waals surface area (Å²) in [6.45, 7) is 3.25. The number of nitrogens with one attached hydrogen (secondary N) is 2. The van der Waals surface area contributed by atoms with Crippen molar-refractivity contribution in [3.05, 3.63) is 64.7 Å². The lowest BCUT2D eigenvalue weighted by Crippen LogP contribution is -2.41. The fourth-order valence-corrected chi connectivity index (χ4v) is 5.68. The molecule has 1 saturated heterocycles. The first-order valence-corrected chi connectivity index (χ1v) is 14.1. The van der Waals surface area contributed by atoms with Gasteiger partial charge in [0, 0.05) is 44.0 Å². The first-order valence-electron chi connectivity index (χ1n) is 12.1. The predicted molar refractivity (Wildman–Crippen MR) is 150 cm³/mol. The maximum absolute atomic E-state index is 12.9. The van der Waals surface area contributed by atoms with E-state index in [1.165, 1.54) is 12.1 Å². The third-order valence-corrected chi connectivity index (χ3v) is 8.00. The number of halogens is 1. The fraction of sp³-hybridized carbons (Fsp3) is 0.346. The van der Waals surface area contributed by atoms with Crippen LogP contribution in [0, 0.1) is 10.8 Å². The Kier molecular flexibility index (Phi) is 9.76. The Bertz CT molecular complexity index is 1320. The quantitative estimate of drug-likeness (QED) is 0.240. The molecule has 5 N–H and O–H groups in total. The van der Waals surface area contributed by atoms with Crippen LogP contribution in [0.1, 0.15) is 37.3 Å². The lowest BCUT2D eigenvalue weighted by molar-refractivity contribution is -0.134. The number of likely N-dealkylation sites (tertiary alicyclic amines) is 1. The summed E-state index contributed by atoms with van der Waals surface area (Å²) in [5, 5.41) is 24.8. The van der Waals surface area contributed by atoms with Gasteiger partial charge < -0.3 is 20.5 Å². The summed E-state index contributed by atoms with van der Waals surface area (Å²) in [5.74, 6) is -1.58. The largest absolute Gasteiger partial charge is 0.490 e. The summed E-state index contributed by atoms with van der Waals surface area (Å²) in [7, 11) is -4.25. The van der Waals surface area contributed by atoms with Crippen molar-refractivity contribution in [3.63, 3.8) is 0 Å². The smallest absolute Gasteiger partial charge is 0.320 e. The number of nitrogen functional groups attached to an aromatic ring is 1. The molecule has 0 bridgehead atoms. The van der Waals surface area contributed by atoms with Crippen molar-refractivity contribution in [2.75, 3.05) is 29.7 Å². The molecule has 12 heteroatoms. The highest BCUT2D eigenvalue weighted by molar-refractivity contribution is 7.93. The van der Waals surface area contributed by atoms with E-state index in [0.29, 0.717) is 29.1 Å². The minimum Gasteiger partial charge on any atom is -0.490 e. The Balaban J connectivity index is 1.78. The number of amidine groups is 2. The molecule has 0 amide bonds. The maximum Gasteiger partial charge on any atom is 0.320 e. The minimum atomic E-state index is -4.25. The Morgan fingerprint density at radius 3 is 2.55 bits per heavy atom. The molecule has 1 heterocycles.